The Kier molecular flexibility index (Phi) is 7.22. The van der Waals surface area contributed by atoms with Crippen LogP contribution in [0.3, 0.4) is 0 Å². The van der Waals surface area contributed by atoms with Crippen LogP contribution in [0.15, 0.2) is 30.9 Å². The van der Waals surface area contributed by atoms with Crippen LogP contribution in [-0.2, 0) is 4.74 Å². The third-order valence-corrected chi connectivity index (χ3v) is 3.94. The Bertz CT molecular complexity index is 756. The van der Waals surface area contributed by atoms with E-state index in [-0.39, 0.29) is 5.56 Å². The Hall–Kier alpha value is -2.99. The molecule has 0 unspecified atom stereocenters. The summed E-state index contributed by atoms with van der Waals surface area (Å²) in [5.41, 5.74) is 1.74. The van der Waals surface area contributed by atoms with Crippen LogP contribution in [0.1, 0.15) is 23.2 Å². The lowest BCUT2D eigenvalue weighted by molar-refractivity contribution is -0.394. The second-order valence-corrected chi connectivity index (χ2v) is 11.3. The van der Waals surface area contributed by atoms with E-state index < -0.39 is 41.4 Å². The molecule has 0 amide bonds. The van der Waals surface area contributed by atoms with Crippen molar-refractivity contribution in [3.8, 4) is 11.5 Å². The molecule has 0 aliphatic carbocycles. The van der Waals surface area contributed by atoms with Crippen molar-refractivity contribution in [1.82, 2.24) is 0 Å². The zero-order chi connectivity index (χ0) is 19.9. The van der Waals surface area contributed by atoms with E-state index in [1.54, 1.807) is 6.08 Å². The van der Waals surface area contributed by atoms with Crippen molar-refractivity contribution in [3.05, 3.63) is 56.6 Å². The van der Waals surface area contributed by atoms with Gasteiger partial charge in [0, 0.05) is 12.1 Å². The van der Waals surface area contributed by atoms with Gasteiger partial charge < -0.3 is 4.74 Å². The third-order valence-electron chi connectivity index (χ3n) is 3.05. The van der Waals surface area contributed by atoms with Gasteiger partial charge in [0.25, 0.3) is 11.4 Å². The molecule has 0 aromatic heterocycles. The van der Waals surface area contributed by atoms with Gasteiger partial charge in [-0.3, -0.25) is 20.2 Å². The molecule has 1 aromatic rings. The van der Waals surface area contributed by atoms with Gasteiger partial charge in [-0.15, -0.1) is 12.1 Å². The first-order valence-corrected chi connectivity index (χ1v) is 11.3. The highest BCUT2D eigenvalue weighted by Gasteiger charge is 2.22. The van der Waals surface area contributed by atoms with Gasteiger partial charge in [-0.05, 0) is 12.8 Å². The molecule has 0 spiro atoms. The quantitative estimate of drug-likeness (QED) is 0.178. The Labute approximate surface area is 152 Å². The first kappa shape index (κ1) is 21.1. The fourth-order valence-corrected chi connectivity index (χ4v) is 2.44. The number of ether oxygens (including phenoxy) is 1. The maximum absolute atomic E-state index is 12.3. The normalized spacial score (nSPS) is 11.7. The number of hydrogen-bond donors (Lipinski definition) is 0. The largest absolute Gasteiger partial charge is 0.446 e. The number of nitrogens with zero attached hydrogens (tertiary/aromatic N) is 2. The smallest absolute Gasteiger partial charge is 0.339 e. The molecule has 0 bridgehead atoms. The van der Waals surface area contributed by atoms with Gasteiger partial charge in [0.2, 0.25) is 0 Å². The highest BCUT2D eigenvalue weighted by atomic mass is 28.3. The minimum atomic E-state index is -1.69. The van der Waals surface area contributed by atoms with E-state index in [0.717, 1.165) is 18.2 Å². The highest BCUT2D eigenvalue weighted by Crippen LogP contribution is 2.23. The Morgan fingerprint density at radius 3 is 2.19 bits per heavy atom. The number of hydrogen-bond acceptors (Lipinski definition) is 6. The SMILES string of the molecule is C=CCC[C@@H](C#C[Si](C)(C)C)OC(=O)c1cc([N+](=O)[O-])cc([N+](=O)[O-])c1. The Balaban J connectivity index is 3.14. The summed E-state index contributed by atoms with van der Waals surface area (Å²) in [5.74, 6) is 2.03. The molecule has 0 N–H and O–H groups in total. The van der Waals surface area contributed by atoms with Crippen LogP contribution in [0, 0.1) is 31.7 Å². The van der Waals surface area contributed by atoms with Crippen molar-refractivity contribution in [2.45, 2.75) is 38.6 Å². The summed E-state index contributed by atoms with van der Waals surface area (Å²) in [6.45, 7) is 9.72. The molecule has 9 heteroatoms. The van der Waals surface area contributed by atoms with Crippen LogP contribution in [0.5, 0.6) is 0 Å². The molecule has 0 heterocycles. The molecule has 8 nitrogen and oxygen atoms in total. The summed E-state index contributed by atoms with van der Waals surface area (Å²) in [5, 5.41) is 21.9. The molecule has 0 saturated carbocycles. The topological polar surface area (TPSA) is 113 Å². The molecular formula is C17H20N2O6Si. The fourth-order valence-electron chi connectivity index (χ4n) is 1.85. The lowest BCUT2D eigenvalue weighted by atomic mass is 10.1. The number of benzene rings is 1. The predicted octanol–water partition coefficient (Wildman–Crippen LogP) is 3.88. The highest BCUT2D eigenvalue weighted by molar-refractivity contribution is 6.83. The van der Waals surface area contributed by atoms with Crippen LogP contribution in [-0.4, -0.2) is 30.0 Å². The fraction of sp³-hybridized carbons (Fsp3) is 0.353. The van der Waals surface area contributed by atoms with Crippen molar-refractivity contribution < 1.29 is 19.4 Å². The summed E-state index contributed by atoms with van der Waals surface area (Å²) >= 11 is 0. The summed E-state index contributed by atoms with van der Waals surface area (Å²) in [7, 11) is -1.69. The monoisotopic (exact) mass is 376 g/mol. The lowest BCUT2D eigenvalue weighted by Gasteiger charge is -2.13. The predicted molar refractivity (Wildman–Crippen MR) is 99.5 cm³/mol. The van der Waals surface area contributed by atoms with Gasteiger partial charge in [0.1, 0.15) is 8.07 Å². The summed E-state index contributed by atoms with van der Waals surface area (Å²) in [4.78, 5) is 32.6. The summed E-state index contributed by atoms with van der Waals surface area (Å²) < 4.78 is 5.32. The average Bonchev–Trinajstić information content (AvgIpc) is 2.55. The van der Waals surface area contributed by atoms with Gasteiger partial charge in [-0.2, -0.15) is 0 Å². The van der Waals surface area contributed by atoms with Gasteiger partial charge in [-0.1, -0.05) is 31.6 Å². The number of carbonyl (C=O) groups is 1. The number of carbonyl (C=O) groups excluding carboxylic acids is 1. The lowest BCUT2D eigenvalue weighted by Crippen LogP contribution is -2.21. The molecule has 0 aliphatic rings. The zero-order valence-corrected chi connectivity index (χ0v) is 15.9. The molecule has 1 rings (SSSR count). The standard InChI is InChI=1S/C17H20N2O6Si/c1-5-6-7-16(8-9-26(2,3)4)25-17(20)13-10-14(18(21)22)12-15(11-13)19(23)24/h5,10-12,16H,1,6-7H2,2-4H3/t16-/m0/s1. The van der Waals surface area contributed by atoms with Crippen LogP contribution in [0.2, 0.25) is 19.6 Å². The van der Waals surface area contributed by atoms with Crippen molar-refractivity contribution in [1.29, 1.82) is 0 Å². The minimum absolute atomic E-state index is 0.260. The number of non-ortho nitro benzene ring substituents is 2. The third kappa shape index (κ3) is 6.86. The zero-order valence-electron chi connectivity index (χ0n) is 14.9. The minimum Gasteiger partial charge on any atom is -0.446 e. The molecule has 0 fully saturated rings. The van der Waals surface area contributed by atoms with E-state index in [0.29, 0.717) is 12.8 Å². The van der Waals surface area contributed by atoms with E-state index in [1.165, 1.54) is 0 Å². The van der Waals surface area contributed by atoms with Gasteiger partial charge in [0.05, 0.1) is 21.5 Å². The second-order valence-electron chi connectivity index (χ2n) is 6.53. The van der Waals surface area contributed by atoms with E-state index in [9.17, 15) is 25.0 Å². The van der Waals surface area contributed by atoms with Crippen molar-refractivity contribution >= 4 is 25.4 Å². The van der Waals surface area contributed by atoms with Crippen molar-refractivity contribution in [3.63, 3.8) is 0 Å². The molecule has 1 atom stereocenters. The van der Waals surface area contributed by atoms with E-state index in [2.05, 4.69) is 18.0 Å². The average molecular weight is 376 g/mol. The number of esters is 1. The van der Waals surface area contributed by atoms with E-state index in [1.807, 2.05) is 19.6 Å². The van der Waals surface area contributed by atoms with E-state index >= 15 is 0 Å². The molecule has 0 saturated heterocycles. The van der Waals surface area contributed by atoms with E-state index in [4.69, 9.17) is 4.74 Å². The van der Waals surface area contributed by atoms with Gasteiger partial charge >= 0.3 is 5.97 Å². The van der Waals surface area contributed by atoms with Gasteiger partial charge in [-0.25, -0.2) is 4.79 Å². The number of nitro benzene ring substituents is 2. The Morgan fingerprint density at radius 1 is 1.23 bits per heavy atom. The molecule has 0 radical (unpaired) electrons. The maximum Gasteiger partial charge on any atom is 0.339 e. The summed E-state index contributed by atoms with van der Waals surface area (Å²) in [6, 6.07) is 2.69. The van der Waals surface area contributed by atoms with Crippen LogP contribution in [0.25, 0.3) is 0 Å². The number of rotatable bonds is 7. The molecule has 1 aromatic carbocycles. The number of nitro groups is 2. The summed E-state index contributed by atoms with van der Waals surface area (Å²) in [6.07, 6.45) is 1.93. The first-order chi connectivity index (χ1) is 12.0. The molecule has 26 heavy (non-hydrogen) atoms. The van der Waals surface area contributed by atoms with Crippen molar-refractivity contribution in [2.24, 2.45) is 0 Å². The van der Waals surface area contributed by atoms with Gasteiger partial charge in [0.15, 0.2) is 6.10 Å². The Morgan fingerprint density at radius 2 is 1.77 bits per heavy atom. The van der Waals surface area contributed by atoms with Crippen LogP contribution >= 0.6 is 0 Å². The number of allylic oxidation sites excluding steroid dienone is 1. The molecule has 138 valence electrons. The molecular weight excluding hydrogens is 356 g/mol. The van der Waals surface area contributed by atoms with Crippen LogP contribution < -0.4 is 0 Å². The van der Waals surface area contributed by atoms with Crippen LogP contribution in [0.4, 0.5) is 11.4 Å². The first-order valence-electron chi connectivity index (χ1n) is 7.82. The second kappa shape index (κ2) is 8.91. The molecule has 0 aliphatic heterocycles. The maximum atomic E-state index is 12.3. The van der Waals surface area contributed by atoms with Crippen molar-refractivity contribution in [2.75, 3.05) is 0 Å².